The van der Waals surface area contributed by atoms with E-state index in [-0.39, 0.29) is 18.1 Å². The summed E-state index contributed by atoms with van der Waals surface area (Å²) in [5.41, 5.74) is 0.997. The van der Waals surface area contributed by atoms with Crippen LogP contribution in [0.3, 0.4) is 0 Å². The van der Waals surface area contributed by atoms with Crippen LogP contribution in [-0.2, 0) is 15.6 Å². The fraction of sp³-hybridized carbons (Fsp3) is 0.562. The monoisotopic (exact) mass is 308 g/mol. The van der Waals surface area contributed by atoms with Gasteiger partial charge in [0, 0.05) is 29.4 Å². The first kappa shape index (κ1) is 16.2. The van der Waals surface area contributed by atoms with E-state index in [0.29, 0.717) is 18.2 Å². The van der Waals surface area contributed by atoms with Crippen molar-refractivity contribution in [1.29, 1.82) is 0 Å². The summed E-state index contributed by atoms with van der Waals surface area (Å²) in [6.45, 7) is 4.85. The first-order valence-corrected chi connectivity index (χ1v) is 9.13. The lowest BCUT2D eigenvalue weighted by Gasteiger charge is -2.25. The maximum Gasteiger partial charge on any atom is 0.245 e. The smallest absolute Gasteiger partial charge is 0.245 e. The second kappa shape index (κ2) is 7.18. The third kappa shape index (κ3) is 4.14. The number of nitrogens with zero attached hydrogens (tertiary/aromatic N) is 1. The second-order valence-electron chi connectivity index (χ2n) is 5.96. The zero-order chi connectivity index (χ0) is 15.4. The van der Waals surface area contributed by atoms with Crippen LogP contribution in [0.25, 0.3) is 0 Å². The van der Waals surface area contributed by atoms with Gasteiger partial charge in [-0.25, -0.2) is 0 Å². The van der Waals surface area contributed by atoms with E-state index in [2.05, 4.69) is 19.2 Å². The van der Waals surface area contributed by atoms with Crippen molar-refractivity contribution < 1.29 is 9.00 Å². The molecular weight excluding hydrogens is 284 g/mol. The van der Waals surface area contributed by atoms with E-state index in [0.717, 1.165) is 12.0 Å². The van der Waals surface area contributed by atoms with Crippen molar-refractivity contribution in [2.75, 3.05) is 18.6 Å². The quantitative estimate of drug-likeness (QED) is 0.873. The van der Waals surface area contributed by atoms with Gasteiger partial charge in [-0.2, -0.15) is 0 Å². The summed E-state index contributed by atoms with van der Waals surface area (Å²) in [6, 6.07) is 9.52. The van der Waals surface area contributed by atoms with Crippen LogP contribution in [0.4, 0.5) is 0 Å². The van der Waals surface area contributed by atoms with Crippen LogP contribution in [0, 0.1) is 5.92 Å². The Morgan fingerprint density at radius 2 is 1.95 bits per heavy atom. The molecule has 0 spiro atoms. The summed E-state index contributed by atoms with van der Waals surface area (Å²) in [5.74, 6) is 1.13. The molecule has 0 radical (unpaired) electrons. The van der Waals surface area contributed by atoms with E-state index in [4.69, 9.17) is 0 Å². The molecule has 0 saturated carbocycles. The number of hydrogen-bond donors (Lipinski definition) is 1. The van der Waals surface area contributed by atoms with Crippen molar-refractivity contribution in [3.8, 4) is 0 Å². The highest BCUT2D eigenvalue weighted by Crippen LogP contribution is 2.26. The molecular formula is C16H24N2O2S. The molecule has 116 valence electrons. The van der Waals surface area contributed by atoms with Gasteiger partial charge >= 0.3 is 0 Å². The van der Waals surface area contributed by atoms with Crippen LogP contribution >= 0.6 is 0 Å². The fourth-order valence-electron chi connectivity index (χ4n) is 2.69. The molecule has 2 rings (SSSR count). The van der Waals surface area contributed by atoms with Gasteiger partial charge in [-0.15, -0.1) is 0 Å². The maximum atomic E-state index is 12.7. The highest BCUT2D eigenvalue weighted by molar-refractivity contribution is 7.84. The number of amides is 1. The lowest BCUT2D eigenvalue weighted by Crippen LogP contribution is -2.40. The molecule has 3 unspecified atom stereocenters. The molecule has 0 aromatic heterocycles. The Kier molecular flexibility index (Phi) is 5.53. The van der Waals surface area contributed by atoms with E-state index in [1.807, 2.05) is 35.2 Å². The molecule has 1 heterocycles. The van der Waals surface area contributed by atoms with Crippen molar-refractivity contribution in [3.63, 3.8) is 0 Å². The molecule has 1 N–H and O–H groups in total. The molecule has 0 bridgehead atoms. The highest BCUT2D eigenvalue weighted by atomic mass is 32.2. The summed E-state index contributed by atoms with van der Waals surface area (Å²) < 4.78 is 11.3. The Hall–Kier alpha value is -1.20. The van der Waals surface area contributed by atoms with Crippen LogP contribution in [0.15, 0.2) is 30.3 Å². The molecule has 3 atom stereocenters. The predicted octanol–water partition coefficient (Wildman–Crippen LogP) is 1.91. The SMILES string of the molecule is CC(C)CC1NC(c2ccccc2)C(=O)N1CCS(C)=O. The van der Waals surface area contributed by atoms with Gasteiger partial charge in [-0.05, 0) is 17.9 Å². The maximum absolute atomic E-state index is 12.7. The van der Waals surface area contributed by atoms with Crippen molar-refractivity contribution in [2.45, 2.75) is 32.5 Å². The van der Waals surface area contributed by atoms with Crippen LogP contribution in [0.2, 0.25) is 0 Å². The Balaban J connectivity index is 2.16. The molecule has 1 aliphatic rings. The summed E-state index contributed by atoms with van der Waals surface area (Å²) in [6.07, 6.45) is 2.62. The van der Waals surface area contributed by atoms with Crippen molar-refractivity contribution >= 4 is 16.7 Å². The van der Waals surface area contributed by atoms with E-state index >= 15 is 0 Å². The molecule has 1 aromatic rings. The Morgan fingerprint density at radius 3 is 2.52 bits per heavy atom. The summed E-state index contributed by atoms with van der Waals surface area (Å²) >= 11 is 0. The minimum atomic E-state index is -0.882. The molecule has 1 amide bonds. The van der Waals surface area contributed by atoms with E-state index in [1.165, 1.54) is 0 Å². The van der Waals surface area contributed by atoms with E-state index < -0.39 is 10.8 Å². The van der Waals surface area contributed by atoms with Crippen LogP contribution in [0.5, 0.6) is 0 Å². The molecule has 1 aromatic carbocycles. The lowest BCUT2D eigenvalue weighted by molar-refractivity contribution is -0.130. The zero-order valence-electron chi connectivity index (χ0n) is 12.9. The van der Waals surface area contributed by atoms with Gasteiger partial charge in [-0.1, -0.05) is 44.2 Å². The largest absolute Gasteiger partial charge is 0.325 e. The van der Waals surface area contributed by atoms with E-state index in [1.54, 1.807) is 6.26 Å². The molecule has 1 fully saturated rings. The average molecular weight is 308 g/mol. The van der Waals surface area contributed by atoms with E-state index in [9.17, 15) is 9.00 Å². The van der Waals surface area contributed by atoms with Gasteiger partial charge in [-0.3, -0.25) is 14.3 Å². The number of rotatable bonds is 6. The van der Waals surface area contributed by atoms with Gasteiger partial charge in [0.05, 0.1) is 6.17 Å². The Morgan fingerprint density at radius 1 is 1.29 bits per heavy atom. The number of hydrogen-bond acceptors (Lipinski definition) is 3. The fourth-order valence-corrected chi connectivity index (χ4v) is 3.15. The topological polar surface area (TPSA) is 49.4 Å². The third-order valence-corrected chi connectivity index (χ3v) is 4.47. The third-order valence-electron chi connectivity index (χ3n) is 3.71. The van der Waals surface area contributed by atoms with Crippen LogP contribution in [0.1, 0.15) is 31.9 Å². The van der Waals surface area contributed by atoms with Gasteiger partial charge in [0.2, 0.25) is 5.91 Å². The number of benzene rings is 1. The molecule has 5 heteroatoms. The normalized spacial score (nSPS) is 23.8. The van der Waals surface area contributed by atoms with Crippen LogP contribution in [-0.4, -0.2) is 39.7 Å². The lowest BCUT2D eigenvalue weighted by atomic mass is 10.1. The van der Waals surface area contributed by atoms with Crippen LogP contribution < -0.4 is 5.32 Å². The minimum Gasteiger partial charge on any atom is -0.325 e. The molecule has 1 saturated heterocycles. The highest BCUT2D eigenvalue weighted by Gasteiger charge is 2.39. The summed E-state index contributed by atoms with van der Waals surface area (Å²) in [4.78, 5) is 14.5. The predicted molar refractivity (Wildman–Crippen MR) is 86.2 cm³/mol. The van der Waals surface area contributed by atoms with Gasteiger partial charge in [0.25, 0.3) is 0 Å². The summed E-state index contributed by atoms with van der Waals surface area (Å²) in [7, 11) is -0.882. The summed E-state index contributed by atoms with van der Waals surface area (Å²) in [5, 5.41) is 3.44. The van der Waals surface area contributed by atoms with Crippen molar-refractivity contribution in [3.05, 3.63) is 35.9 Å². The minimum absolute atomic E-state index is 0.0336. The van der Waals surface area contributed by atoms with Gasteiger partial charge in [0.1, 0.15) is 6.04 Å². The Bertz CT molecular complexity index is 504. The second-order valence-corrected chi connectivity index (χ2v) is 7.52. The van der Waals surface area contributed by atoms with Crippen molar-refractivity contribution in [2.24, 2.45) is 5.92 Å². The first-order chi connectivity index (χ1) is 9.99. The standard InChI is InChI=1S/C16H24N2O2S/c1-12(2)11-14-17-15(13-7-5-4-6-8-13)16(19)18(14)9-10-21(3)20/h4-8,12,14-15,17H,9-11H2,1-3H3. The molecule has 4 nitrogen and oxygen atoms in total. The average Bonchev–Trinajstić information content (AvgIpc) is 2.73. The molecule has 1 aliphatic heterocycles. The first-order valence-electron chi connectivity index (χ1n) is 7.40. The molecule has 0 aliphatic carbocycles. The zero-order valence-corrected chi connectivity index (χ0v) is 13.7. The number of carbonyl (C=O) groups is 1. The van der Waals surface area contributed by atoms with Crippen molar-refractivity contribution in [1.82, 2.24) is 10.2 Å². The van der Waals surface area contributed by atoms with Gasteiger partial charge in [0.15, 0.2) is 0 Å². The Labute approximate surface area is 129 Å². The van der Waals surface area contributed by atoms with Gasteiger partial charge < -0.3 is 4.90 Å². The number of carbonyl (C=O) groups excluding carboxylic acids is 1. The molecule has 21 heavy (non-hydrogen) atoms. The number of nitrogens with one attached hydrogen (secondary N) is 1.